The highest BCUT2D eigenvalue weighted by Crippen LogP contribution is 2.32. The van der Waals surface area contributed by atoms with Gasteiger partial charge in [-0.1, -0.05) is 6.07 Å². The summed E-state index contributed by atoms with van der Waals surface area (Å²) in [6, 6.07) is 4.71. The van der Waals surface area contributed by atoms with Crippen LogP contribution in [0.25, 0.3) is 0 Å². The maximum absolute atomic E-state index is 12.0. The molecule has 0 radical (unpaired) electrons. The minimum absolute atomic E-state index is 0.0123. The van der Waals surface area contributed by atoms with Gasteiger partial charge in [0.25, 0.3) is 11.6 Å². The van der Waals surface area contributed by atoms with E-state index >= 15 is 0 Å². The lowest BCUT2D eigenvalue weighted by molar-refractivity contribution is -0.385. The van der Waals surface area contributed by atoms with Crippen LogP contribution < -0.4 is 5.32 Å². The second kappa shape index (κ2) is 4.76. The van der Waals surface area contributed by atoms with Crippen LogP contribution in [0.5, 0.6) is 0 Å². The van der Waals surface area contributed by atoms with E-state index in [1.165, 1.54) is 6.07 Å². The number of nitro benzene ring substituents is 1. The van der Waals surface area contributed by atoms with Crippen molar-refractivity contribution in [1.29, 1.82) is 0 Å². The average Bonchev–Trinajstić information content (AvgIpc) is 3.12. The number of amides is 1. The van der Waals surface area contributed by atoms with Crippen LogP contribution in [0, 0.1) is 23.0 Å². The largest absolute Gasteiger partial charge is 0.349 e. The number of carbonyl (C=O) groups excluding carboxylic acids is 1. The quantitative estimate of drug-likeness (QED) is 0.657. The van der Waals surface area contributed by atoms with Crippen molar-refractivity contribution in [3.05, 3.63) is 39.4 Å². The van der Waals surface area contributed by atoms with Gasteiger partial charge < -0.3 is 5.32 Å². The van der Waals surface area contributed by atoms with Crippen molar-refractivity contribution in [1.82, 2.24) is 5.32 Å². The Kier molecular flexibility index (Phi) is 3.32. The Labute approximate surface area is 105 Å². The van der Waals surface area contributed by atoms with Crippen LogP contribution in [-0.2, 0) is 0 Å². The lowest BCUT2D eigenvalue weighted by atomic mass is 10.1. The van der Waals surface area contributed by atoms with Crippen molar-refractivity contribution in [2.24, 2.45) is 5.92 Å². The van der Waals surface area contributed by atoms with E-state index in [2.05, 4.69) is 5.32 Å². The van der Waals surface area contributed by atoms with Gasteiger partial charge in [0.2, 0.25) is 0 Å². The third kappa shape index (κ3) is 2.50. The number of hydrogen-bond acceptors (Lipinski definition) is 3. The zero-order valence-corrected chi connectivity index (χ0v) is 10.5. The molecule has 1 aromatic rings. The van der Waals surface area contributed by atoms with E-state index in [9.17, 15) is 14.9 Å². The first-order chi connectivity index (χ1) is 8.50. The van der Waals surface area contributed by atoms with Gasteiger partial charge in [0.1, 0.15) is 0 Å². The third-order valence-corrected chi connectivity index (χ3v) is 3.43. The van der Waals surface area contributed by atoms with Crippen molar-refractivity contribution < 1.29 is 9.72 Å². The molecule has 0 aromatic heterocycles. The van der Waals surface area contributed by atoms with Gasteiger partial charge >= 0.3 is 0 Å². The average molecular weight is 248 g/mol. The smallest absolute Gasteiger partial charge is 0.273 e. The molecule has 1 aliphatic rings. The van der Waals surface area contributed by atoms with Crippen LogP contribution in [0.3, 0.4) is 0 Å². The highest BCUT2D eigenvalue weighted by atomic mass is 16.6. The fraction of sp³-hybridized carbons (Fsp3) is 0.462. The molecule has 1 aliphatic carbocycles. The number of nitrogens with one attached hydrogen (secondary N) is 1. The molecule has 1 fully saturated rings. The highest BCUT2D eigenvalue weighted by Gasteiger charge is 2.29. The molecule has 5 nitrogen and oxygen atoms in total. The molecule has 1 atom stereocenters. The Bertz CT molecular complexity index is 495. The minimum atomic E-state index is -0.462. The lowest BCUT2D eigenvalue weighted by Gasteiger charge is -2.13. The number of benzene rings is 1. The van der Waals surface area contributed by atoms with Crippen molar-refractivity contribution in [2.45, 2.75) is 32.7 Å². The molecule has 2 rings (SSSR count). The summed E-state index contributed by atoms with van der Waals surface area (Å²) in [6.07, 6.45) is 2.30. The first-order valence-electron chi connectivity index (χ1n) is 6.05. The zero-order chi connectivity index (χ0) is 13.3. The summed E-state index contributed by atoms with van der Waals surface area (Å²) in [5.41, 5.74) is 0.793. The van der Waals surface area contributed by atoms with E-state index < -0.39 is 4.92 Å². The molecule has 0 spiro atoms. The Morgan fingerprint density at radius 1 is 1.50 bits per heavy atom. The molecule has 5 heteroatoms. The summed E-state index contributed by atoms with van der Waals surface area (Å²) in [5, 5.41) is 13.7. The predicted molar refractivity (Wildman–Crippen MR) is 67.5 cm³/mol. The molecule has 1 aromatic carbocycles. The first kappa shape index (κ1) is 12.5. The number of nitrogens with zero attached hydrogens (tertiary/aromatic N) is 1. The Hall–Kier alpha value is -1.91. The molecule has 0 saturated heterocycles. The summed E-state index contributed by atoms with van der Waals surface area (Å²) in [4.78, 5) is 22.4. The van der Waals surface area contributed by atoms with Crippen LogP contribution >= 0.6 is 0 Å². The molecule has 1 amide bonds. The van der Waals surface area contributed by atoms with E-state index in [0.717, 1.165) is 12.8 Å². The van der Waals surface area contributed by atoms with Gasteiger partial charge in [0.05, 0.1) is 4.92 Å². The summed E-state index contributed by atoms with van der Waals surface area (Å²) in [6.45, 7) is 3.58. The van der Waals surface area contributed by atoms with E-state index in [4.69, 9.17) is 0 Å². The van der Waals surface area contributed by atoms with Crippen LogP contribution in [0.15, 0.2) is 18.2 Å². The Morgan fingerprint density at radius 2 is 2.17 bits per heavy atom. The SMILES string of the molecule is Cc1c(C(=O)NC(C)C2CC2)cccc1[N+](=O)[O-]. The summed E-state index contributed by atoms with van der Waals surface area (Å²) < 4.78 is 0. The number of hydrogen-bond donors (Lipinski definition) is 1. The van der Waals surface area contributed by atoms with Crippen LogP contribution in [0.4, 0.5) is 5.69 Å². The third-order valence-electron chi connectivity index (χ3n) is 3.43. The molecule has 18 heavy (non-hydrogen) atoms. The van der Waals surface area contributed by atoms with E-state index in [1.807, 2.05) is 6.92 Å². The molecule has 1 unspecified atom stereocenters. The molecule has 0 bridgehead atoms. The normalized spacial score (nSPS) is 16.1. The standard InChI is InChI=1S/C13H16N2O3/c1-8-11(4-3-5-12(8)15(17)18)13(16)14-9(2)10-6-7-10/h3-5,9-10H,6-7H2,1-2H3,(H,14,16). The van der Waals surface area contributed by atoms with Gasteiger partial charge in [-0.2, -0.15) is 0 Å². The number of rotatable bonds is 4. The molecule has 1 saturated carbocycles. The second-order valence-corrected chi connectivity index (χ2v) is 4.81. The van der Waals surface area contributed by atoms with E-state index in [1.54, 1.807) is 19.1 Å². The van der Waals surface area contributed by atoms with Crippen LogP contribution in [-0.4, -0.2) is 16.9 Å². The van der Waals surface area contributed by atoms with Crippen LogP contribution in [0.1, 0.15) is 35.7 Å². The van der Waals surface area contributed by atoms with Gasteiger partial charge in [-0.25, -0.2) is 0 Å². The van der Waals surface area contributed by atoms with Gasteiger partial charge in [0, 0.05) is 23.2 Å². The van der Waals surface area contributed by atoms with Gasteiger partial charge in [-0.15, -0.1) is 0 Å². The van der Waals surface area contributed by atoms with Crippen molar-refractivity contribution >= 4 is 11.6 Å². The zero-order valence-electron chi connectivity index (χ0n) is 10.5. The van der Waals surface area contributed by atoms with Gasteiger partial charge in [0.15, 0.2) is 0 Å². The molecule has 1 N–H and O–H groups in total. The fourth-order valence-electron chi connectivity index (χ4n) is 2.07. The molecule has 96 valence electrons. The fourth-order valence-corrected chi connectivity index (χ4v) is 2.07. The number of carbonyl (C=O) groups is 1. The minimum Gasteiger partial charge on any atom is -0.349 e. The van der Waals surface area contributed by atoms with Crippen molar-refractivity contribution in [2.75, 3.05) is 0 Å². The molecular formula is C13H16N2O3. The molecule has 0 aliphatic heterocycles. The maximum atomic E-state index is 12.0. The summed E-state index contributed by atoms with van der Waals surface area (Å²) >= 11 is 0. The van der Waals surface area contributed by atoms with Crippen LogP contribution in [0.2, 0.25) is 0 Å². The number of nitro groups is 1. The molecular weight excluding hydrogens is 232 g/mol. The van der Waals surface area contributed by atoms with Crippen molar-refractivity contribution in [3.8, 4) is 0 Å². The maximum Gasteiger partial charge on any atom is 0.273 e. The van der Waals surface area contributed by atoms with Crippen molar-refractivity contribution in [3.63, 3.8) is 0 Å². The Balaban J connectivity index is 2.19. The summed E-state index contributed by atoms with van der Waals surface area (Å²) in [5.74, 6) is 0.337. The topological polar surface area (TPSA) is 72.2 Å². The predicted octanol–water partition coefficient (Wildman–Crippen LogP) is 2.43. The second-order valence-electron chi connectivity index (χ2n) is 4.81. The summed E-state index contributed by atoms with van der Waals surface area (Å²) in [7, 11) is 0. The first-order valence-corrected chi connectivity index (χ1v) is 6.05. The monoisotopic (exact) mass is 248 g/mol. The van der Waals surface area contributed by atoms with E-state index in [0.29, 0.717) is 17.0 Å². The van der Waals surface area contributed by atoms with E-state index in [-0.39, 0.29) is 17.6 Å². The molecule has 0 heterocycles. The Morgan fingerprint density at radius 3 is 2.72 bits per heavy atom. The van der Waals surface area contributed by atoms with Gasteiger partial charge in [-0.05, 0) is 38.7 Å². The lowest BCUT2D eigenvalue weighted by Crippen LogP contribution is -2.34. The highest BCUT2D eigenvalue weighted by molar-refractivity contribution is 5.96. The van der Waals surface area contributed by atoms with Gasteiger partial charge in [-0.3, -0.25) is 14.9 Å².